The summed E-state index contributed by atoms with van der Waals surface area (Å²) < 4.78 is 86.2. The Morgan fingerprint density at radius 2 is 1.40 bits per heavy atom. The molecule has 0 atom stereocenters. The molecule has 1 rings (SSSR count). The van der Waals surface area contributed by atoms with Gasteiger partial charge in [-0.2, -0.15) is 26.3 Å². The summed E-state index contributed by atoms with van der Waals surface area (Å²) in [6.07, 6.45) is -11.2. The number of alkyl halides is 6. The highest BCUT2D eigenvalue weighted by Crippen LogP contribution is 2.38. The van der Waals surface area contributed by atoms with Crippen molar-refractivity contribution in [2.75, 3.05) is 0 Å². The third-order valence-corrected chi connectivity index (χ3v) is 2.10. The van der Waals surface area contributed by atoms with Gasteiger partial charge in [0.25, 0.3) is 0 Å². The van der Waals surface area contributed by atoms with E-state index in [0.29, 0.717) is 0 Å². The molecule has 110 valence electrons. The van der Waals surface area contributed by atoms with Crippen molar-refractivity contribution in [3.05, 3.63) is 41.7 Å². The molecule has 0 spiro atoms. The first-order valence-electron chi connectivity index (χ1n) is 5.17. The Bertz CT molecular complexity index is 504. The van der Waals surface area contributed by atoms with Crippen molar-refractivity contribution in [2.45, 2.75) is 19.3 Å². The van der Waals surface area contributed by atoms with Crippen LogP contribution in [0.25, 0.3) is 0 Å². The summed E-state index contributed by atoms with van der Waals surface area (Å²) in [6.45, 7) is 0.987. The van der Waals surface area contributed by atoms with Crippen LogP contribution in [0, 0.1) is 5.82 Å². The molecule has 0 aromatic heterocycles. The van der Waals surface area contributed by atoms with Gasteiger partial charge >= 0.3 is 12.4 Å². The minimum Gasteiger partial charge on any atom is -0.254 e. The summed E-state index contributed by atoms with van der Waals surface area (Å²) in [5.41, 5.74) is -3.10. The standard InChI is InChI=1S/C12H8F7N/c1-7(20-9-4-2-8(13)3-5-9)6-10(11(14,15)16)12(17,18)19/h2-6H,1H3. The second kappa shape index (κ2) is 5.64. The second-order valence-electron chi connectivity index (χ2n) is 3.78. The molecular weight excluding hydrogens is 291 g/mol. The lowest BCUT2D eigenvalue weighted by atomic mass is 10.2. The van der Waals surface area contributed by atoms with Gasteiger partial charge in [-0.1, -0.05) is 0 Å². The molecule has 1 aromatic carbocycles. The van der Waals surface area contributed by atoms with E-state index in [0.717, 1.165) is 31.2 Å². The van der Waals surface area contributed by atoms with Crippen molar-refractivity contribution >= 4 is 11.4 Å². The van der Waals surface area contributed by atoms with Crippen LogP contribution in [-0.4, -0.2) is 18.1 Å². The highest BCUT2D eigenvalue weighted by atomic mass is 19.4. The molecule has 8 heteroatoms. The lowest BCUT2D eigenvalue weighted by Crippen LogP contribution is -2.26. The summed E-state index contributed by atoms with van der Waals surface area (Å²) in [6, 6.07) is 4.25. The summed E-state index contributed by atoms with van der Waals surface area (Å²) in [7, 11) is 0. The lowest BCUT2D eigenvalue weighted by molar-refractivity contribution is -0.171. The van der Waals surface area contributed by atoms with Gasteiger partial charge in [0.1, 0.15) is 11.4 Å². The van der Waals surface area contributed by atoms with E-state index in [1.165, 1.54) is 0 Å². The normalized spacial score (nSPS) is 13.3. The zero-order valence-electron chi connectivity index (χ0n) is 9.98. The molecule has 0 aliphatic heterocycles. The Morgan fingerprint density at radius 3 is 1.80 bits per heavy atom. The smallest absolute Gasteiger partial charge is 0.254 e. The molecule has 0 heterocycles. The zero-order chi connectivity index (χ0) is 15.6. The van der Waals surface area contributed by atoms with Gasteiger partial charge in [-0.15, -0.1) is 0 Å². The molecule has 0 aliphatic carbocycles. The molecule has 0 saturated carbocycles. The third kappa shape index (κ3) is 4.67. The molecule has 0 fully saturated rings. The van der Waals surface area contributed by atoms with Crippen LogP contribution in [0.3, 0.4) is 0 Å². The average molecular weight is 299 g/mol. The second-order valence-corrected chi connectivity index (χ2v) is 3.78. The van der Waals surface area contributed by atoms with Crippen LogP contribution in [0.5, 0.6) is 0 Å². The minimum atomic E-state index is -5.53. The number of halogens is 7. The minimum absolute atomic E-state index is 0.0452. The molecule has 0 N–H and O–H groups in total. The number of aliphatic imine (C=N–C) groups is 1. The molecule has 0 radical (unpaired) electrons. The predicted molar refractivity (Wildman–Crippen MR) is 59.4 cm³/mol. The first-order chi connectivity index (χ1) is 9.00. The van der Waals surface area contributed by atoms with Crippen LogP contribution in [0.1, 0.15) is 6.92 Å². The maximum absolute atomic E-state index is 12.6. The lowest BCUT2D eigenvalue weighted by Gasteiger charge is -2.14. The van der Waals surface area contributed by atoms with Crippen LogP contribution in [0.2, 0.25) is 0 Å². The van der Waals surface area contributed by atoms with E-state index in [4.69, 9.17) is 0 Å². The fourth-order valence-electron chi connectivity index (χ4n) is 1.28. The predicted octanol–water partition coefficient (Wildman–Crippen LogP) is 4.97. The van der Waals surface area contributed by atoms with Crippen LogP contribution in [-0.2, 0) is 0 Å². The molecule has 0 amide bonds. The van der Waals surface area contributed by atoms with Gasteiger partial charge in [-0.25, -0.2) is 4.39 Å². The monoisotopic (exact) mass is 299 g/mol. The van der Waals surface area contributed by atoms with E-state index in [1.807, 2.05) is 0 Å². The number of hydrogen-bond acceptors (Lipinski definition) is 1. The summed E-state index contributed by atoms with van der Waals surface area (Å²) >= 11 is 0. The molecule has 20 heavy (non-hydrogen) atoms. The van der Waals surface area contributed by atoms with Crippen LogP contribution in [0.15, 0.2) is 40.9 Å². The molecule has 1 aromatic rings. The van der Waals surface area contributed by atoms with Crippen LogP contribution in [0.4, 0.5) is 36.4 Å². The summed E-state index contributed by atoms with van der Waals surface area (Å²) in [4.78, 5) is 3.54. The van der Waals surface area contributed by atoms with Crippen LogP contribution < -0.4 is 0 Å². The highest BCUT2D eigenvalue weighted by molar-refractivity contribution is 5.95. The summed E-state index contributed by atoms with van der Waals surface area (Å²) in [5.74, 6) is -0.594. The van der Waals surface area contributed by atoms with Crippen molar-refractivity contribution in [1.29, 1.82) is 0 Å². The van der Waals surface area contributed by atoms with Crippen molar-refractivity contribution < 1.29 is 30.7 Å². The van der Waals surface area contributed by atoms with Gasteiger partial charge < -0.3 is 0 Å². The van der Waals surface area contributed by atoms with Crippen LogP contribution >= 0.6 is 0 Å². The fourth-order valence-corrected chi connectivity index (χ4v) is 1.28. The van der Waals surface area contributed by atoms with Crippen molar-refractivity contribution in [3.8, 4) is 0 Å². The van der Waals surface area contributed by atoms with Crippen molar-refractivity contribution in [2.24, 2.45) is 4.99 Å². The SMILES string of the molecule is CC(C=C(C(F)(F)F)C(F)(F)F)=Nc1ccc(F)cc1. The first-order valence-corrected chi connectivity index (χ1v) is 5.17. The van der Waals surface area contributed by atoms with E-state index in [2.05, 4.69) is 4.99 Å². The van der Waals surface area contributed by atoms with E-state index in [9.17, 15) is 30.7 Å². The Labute approximate surface area is 109 Å². The Balaban J connectivity index is 3.14. The molecule has 0 aliphatic rings. The summed E-state index contributed by atoms with van der Waals surface area (Å²) in [5, 5.41) is 0. The zero-order valence-corrected chi connectivity index (χ0v) is 9.98. The fraction of sp³-hybridized carbons (Fsp3) is 0.250. The van der Waals surface area contributed by atoms with Gasteiger partial charge in [-0.05, 0) is 37.3 Å². The number of nitrogens with zero attached hydrogens (tertiary/aromatic N) is 1. The number of hydrogen-bond donors (Lipinski definition) is 0. The van der Waals surface area contributed by atoms with E-state index in [-0.39, 0.29) is 11.8 Å². The first kappa shape index (κ1) is 16.2. The largest absolute Gasteiger partial charge is 0.421 e. The molecule has 0 unspecified atom stereocenters. The average Bonchev–Trinajstić information content (AvgIpc) is 2.26. The molecule has 1 nitrogen and oxygen atoms in total. The van der Waals surface area contributed by atoms with Gasteiger partial charge in [0, 0.05) is 5.71 Å². The Kier molecular flexibility index (Phi) is 4.57. The van der Waals surface area contributed by atoms with Gasteiger partial charge in [-0.3, -0.25) is 4.99 Å². The number of allylic oxidation sites excluding steroid dienone is 2. The van der Waals surface area contributed by atoms with Crippen molar-refractivity contribution in [3.63, 3.8) is 0 Å². The van der Waals surface area contributed by atoms with Gasteiger partial charge in [0.05, 0.1) is 5.69 Å². The maximum Gasteiger partial charge on any atom is 0.421 e. The molecule has 0 bridgehead atoms. The van der Waals surface area contributed by atoms with Gasteiger partial charge in [0.15, 0.2) is 0 Å². The number of benzene rings is 1. The number of rotatable bonds is 2. The van der Waals surface area contributed by atoms with E-state index >= 15 is 0 Å². The van der Waals surface area contributed by atoms with Gasteiger partial charge in [0.2, 0.25) is 0 Å². The maximum atomic E-state index is 12.6. The highest BCUT2D eigenvalue weighted by Gasteiger charge is 2.50. The molecular formula is C12H8F7N. The van der Waals surface area contributed by atoms with E-state index < -0.39 is 29.5 Å². The quantitative estimate of drug-likeness (QED) is 0.540. The Morgan fingerprint density at radius 1 is 0.950 bits per heavy atom. The van der Waals surface area contributed by atoms with E-state index in [1.54, 1.807) is 0 Å². The molecule has 0 saturated heterocycles. The van der Waals surface area contributed by atoms with Crippen molar-refractivity contribution in [1.82, 2.24) is 0 Å². The Hall–Kier alpha value is -1.86. The third-order valence-electron chi connectivity index (χ3n) is 2.10. The topological polar surface area (TPSA) is 12.4 Å².